The molecule has 1 amide bonds. The third-order valence-corrected chi connectivity index (χ3v) is 6.67. The average Bonchev–Trinajstić information content (AvgIpc) is 3.17. The van der Waals surface area contributed by atoms with E-state index in [9.17, 15) is 24.8 Å². The van der Waals surface area contributed by atoms with Gasteiger partial charge in [-0.3, -0.25) is 19.7 Å². The van der Waals surface area contributed by atoms with Gasteiger partial charge in [0.1, 0.15) is 18.1 Å². The predicted molar refractivity (Wildman–Crippen MR) is 147 cm³/mol. The van der Waals surface area contributed by atoms with E-state index in [0.29, 0.717) is 42.0 Å². The summed E-state index contributed by atoms with van der Waals surface area (Å²) in [6.07, 6.45) is 0.607. The van der Waals surface area contributed by atoms with Crippen LogP contribution in [0.3, 0.4) is 0 Å². The van der Waals surface area contributed by atoms with Crippen LogP contribution in [0.1, 0.15) is 34.7 Å². The van der Waals surface area contributed by atoms with Gasteiger partial charge in [0.2, 0.25) is 0 Å². The molecule has 0 aliphatic carbocycles. The lowest BCUT2D eigenvalue weighted by Crippen LogP contribution is -2.32. The van der Waals surface area contributed by atoms with Crippen LogP contribution in [0.25, 0.3) is 5.76 Å². The second-order valence-corrected chi connectivity index (χ2v) is 9.75. The summed E-state index contributed by atoms with van der Waals surface area (Å²) in [4.78, 5) is 40.5. The highest BCUT2D eigenvalue weighted by Crippen LogP contribution is 2.40. The van der Waals surface area contributed by atoms with Gasteiger partial charge in [0.15, 0.2) is 0 Å². The van der Waals surface area contributed by atoms with Gasteiger partial charge >= 0.3 is 0 Å². The molecule has 39 heavy (non-hydrogen) atoms. The number of benzene rings is 3. The lowest BCUT2D eigenvalue weighted by atomic mass is 9.93. The summed E-state index contributed by atoms with van der Waals surface area (Å²) in [6.45, 7) is 3.15. The van der Waals surface area contributed by atoms with Crippen molar-refractivity contribution in [3.05, 3.63) is 111 Å². The van der Waals surface area contributed by atoms with Gasteiger partial charge in [0.05, 0.1) is 16.5 Å². The van der Waals surface area contributed by atoms with Crippen molar-refractivity contribution in [3.63, 3.8) is 0 Å². The lowest BCUT2D eigenvalue weighted by Gasteiger charge is -2.26. The van der Waals surface area contributed by atoms with E-state index in [0.717, 1.165) is 5.56 Å². The Bertz CT molecular complexity index is 1400. The molecule has 0 radical (unpaired) electrons. The second kappa shape index (κ2) is 11.9. The van der Waals surface area contributed by atoms with Crippen molar-refractivity contribution < 1.29 is 24.4 Å². The Morgan fingerprint density at radius 2 is 1.74 bits per heavy atom. The number of carbonyl (C=O) groups excluding carboxylic acids is 2. The Labute approximate surface area is 227 Å². The van der Waals surface area contributed by atoms with Gasteiger partial charge in [0.25, 0.3) is 17.4 Å². The summed E-state index contributed by atoms with van der Waals surface area (Å²) in [5.41, 5.74) is 2.44. The largest absolute Gasteiger partial charge is 0.507 e. The zero-order valence-corrected chi connectivity index (χ0v) is 22.2. The number of carbonyl (C=O) groups is 2. The number of aliphatic hydroxyl groups is 1. The van der Waals surface area contributed by atoms with E-state index >= 15 is 0 Å². The minimum atomic E-state index is -0.874. The predicted octanol–water partition coefficient (Wildman–Crippen LogP) is 4.86. The van der Waals surface area contributed by atoms with Gasteiger partial charge < -0.3 is 19.6 Å². The number of aryl methyl sites for hydroxylation is 1. The number of Topliss-reactive ketones (excluding diaryl/α,β-unsaturated/α-hetero) is 1. The van der Waals surface area contributed by atoms with Crippen LogP contribution >= 0.6 is 0 Å². The molecular formula is C30H31N3O6. The average molecular weight is 530 g/mol. The number of hydrogen-bond donors (Lipinski definition) is 1. The molecule has 1 heterocycles. The number of non-ortho nitro benzene ring substituents is 1. The number of ketones is 1. The molecule has 0 unspecified atom stereocenters. The van der Waals surface area contributed by atoms with Crippen molar-refractivity contribution in [2.75, 3.05) is 27.2 Å². The zero-order chi connectivity index (χ0) is 28.1. The topological polar surface area (TPSA) is 113 Å². The number of aliphatic hydroxyl groups excluding tert-OH is 1. The van der Waals surface area contributed by atoms with Gasteiger partial charge in [-0.25, -0.2) is 0 Å². The van der Waals surface area contributed by atoms with Crippen molar-refractivity contribution in [2.45, 2.75) is 26.0 Å². The Hall–Kier alpha value is -4.50. The normalized spacial score (nSPS) is 16.6. The monoisotopic (exact) mass is 529 g/mol. The van der Waals surface area contributed by atoms with Crippen molar-refractivity contribution in [1.82, 2.24) is 9.80 Å². The van der Waals surface area contributed by atoms with Crippen LogP contribution in [0, 0.1) is 17.0 Å². The second-order valence-electron chi connectivity index (χ2n) is 9.75. The molecule has 0 aromatic heterocycles. The first kappa shape index (κ1) is 27.5. The highest BCUT2D eigenvalue weighted by molar-refractivity contribution is 6.46. The maximum Gasteiger partial charge on any atom is 0.295 e. The molecule has 4 rings (SSSR count). The van der Waals surface area contributed by atoms with Crippen LogP contribution in [0.4, 0.5) is 5.69 Å². The third kappa shape index (κ3) is 6.15. The third-order valence-electron chi connectivity index (χ3n) is 6.67. The van der Waals surface area contributed by atoms with E-state index in [2.05, 4.69) is 0 Å². The smallest absolute Gasteiger partial charge is 0.295 e. The SMILES string of the molecule is Cc1cc(OCc2ccccc2)ccc1C(O)=C1C(=O)C(=O)N(CCCN(C)C)[C@H]1c1ccc([N+](=O)[O-])cc1. The summed E-state index contributed by atoms with van der Waals surface area (Å²) >= 11 is 0. The van der Waals surface area contributed by atoms with E-state index in [-0.39, 0.29) is 23.6 Å². The van der Waals surface area contributed by atoms with Gasteiger partial charge in [-0.15, -0.1) is 0 Å². The van der Waals surface area contributed by atoms with Gasteiger partial charge in [-0.1, -0.05) is 30.3 Å². The lowest BCUT2D eigenvalue weighted by molar-refractivity contribution is -0.384. The number of amides is 1. The molecule has 1 atom stereocenters. The highest BCUT2D eigenvalue weighted by atomic mass is 16.6. The van der Waals surface area contributed by atoms with Gasteiger partial charge in [0, 0.05) is 24.2 Å². The molecule has 1 saturated heterocycles. The van der Waals surface area contributed by atoms with E-state index in [1.54, 1.807) is 25.1 Å². The van der Waals surface area contributed by atoms with Crippen molar-refractivity contribution >= 4 is 23.1 Å². The number of nitro benzene ring substituents is 1. The van der Waals surface area contributed by atoms with E-state index in [4.69, 9.17) is 4.74 Å². The van der Waals surface area contributed by atoms with E-state index < -0.39 is 22.7 Å². The first-order valence-corrected chi connectivity index (χ1v) is 12.6. The van der Waals surface area contributed by atoms with Gasteiger partial charge in [-0.2, -0.15) is 0 Å². The Kier molecular flexibility index (Phi) is 8.41. The zero-order valence-electron chi connectivity index (χ0n) is 22.2. The number of nitrogens with zero attached hydrogens (tertiary/aromatic N) is 3. The van der Waals surface area contributed by atoms with E-state index in [1.807, 2.05) is 49.3 Å². The molecule has 0 spiro atoms. The van der Waals surface area contributed by atoms with Crippen LogP contribution in [-0.4, -0.2) is 58.7 Å². The van der Waals surface area contributed by atoms with Crippen LogP contribution in [0.5, 0.6) is 5.75 Å². The molecule has 3 aromatic rings. The van der Waals surface area contributed by atoms with Crippen LogP contribution in [0.15, 0.2) is 78.4 Å². The van der Waals surface area contributed by atoms with Crippen molar-refractivity contribution in [1.29, 1.82) is 0 Å². The Morgan fingerprint density at radius 1 is 1.05 bits per heavy atom. The summed E-state index contributed by atoms with van der Waals surface area (Å²) in [7, 11) is 3.83. The Balaban J connectivity index is 1.70. The molecule has 0 bridgehead atoms. The fourth-order valence-corrected chi connectivity index (χ4v) is 4.67. The standard InChI is InChI=1S/C30H31N3O6/c1-20-18-24(39-19-21-8-5-4-6-9-21)14-15-25(20)28(34)26-27(22-10-12-23(13-11-22)33(37)38)32(30(36)29(26)35)17-7-16-31(2)3/h4-6,8-15,18,27,34H,7,16-17,19H2,1-3H3/t27-/m0/s1. The van der Waals surface area contributed by atoms with E-state index in [1.165, 1.54) is 29.2 Å². The first-order valence-electron chi connectivity index (χ1n) is 12.6. The fraction of sp³-hybridized carbons (Fsp3) is 0.267. The molecule has 1 aliphatic heterocycles. The fourth-order valence-electron chi connectivity index (χ4n) is 4.67. The maximum absolute atomic E-state index is 13.3. The molecule has 1 aliphatic rings. The molecule has 1 fully saturated rings. The highest BCUT2D eigenvalue weighted by Gasteiger charge is 2.46. The van der Waals surface area contributed by atoms with Crippen molar-refractivity contribution in [2.24, 2.45) is 0 Å². The molecule has 9 nitrogen and oxygen atoms in total. The molecule has 0 saturated carbocycles. The van der Waals surface area contributed by atoms with Gasteiger partial charge in [-0.05, 0) is 81.0 Å². The molecule has 3 aromatic carbocycles. The first-order chi connectivity index (χ1) is 18.7. The molecule has 202 valence electrons. The number of nitro groups is 1. The minimum Gasteiger partial charge on any atom is -0.507 e. The summed E-state index contributed by atoms with van der Waals surface area (Å²) in [5, 5.41) is 22.6. The number of ether oxygens (including phenoxy) is 1. The van der Waals surface area contributed by atoms with Crippen molar-refractivity contribution in [3.8, 4) is 5.75 Å². The maximum atomic E-state index is 13.3. The Morgan fingerprint density at radius 3 is 2.36 bits per heavy atom. The molecule has 1 N–H and O–H groups in total. The number of likely N-dealkylation sites (tertiary alicyclic amines) is 1. The molecular weight excluding hydrogens is 498 g/mol. The van der Waals surface area contributed by atoms with Crippen LogP contribution in [0.2, 0.25) is 0 Å². The van der Waals surface area contributed by atoms with Crippen LogP contribution in [-0.2, 0) is 16.2 Å². The minimum absolute atomic E-state index is 0.0419. The summed E-state index contributed by atoms with van der Waals surface area (Å²) in [5.74, 6) is -1.19. The summed E-state index contributed by atoms with van der Waals surface area (Å²) in [6, 6.07) is 19.7. The number of rotatable bonds is 10. The van der Waals surface area contributed by atoms with Crippen LogP contribution < -0.4 is 4.74 Å². The molecule has 9 heteroatoms. The number of hydrogen-bond acceptors (Lipinski definition) is 7. The quantitative estimate of drug-likeness (QED) is 0.131. The summed E-state index contributed by atoms with van der Waals surface area (Å²) < 4.78 is 5.89.